The van der Waals surface area contributed by atoms with Gasteiger partial charge in [0.2, 0.25) is 5.88 Å². The Hall–Kier alpha value is -2.47. The molecule has 0 bridgehead atoms. The first-order valence-corrected chi connectivity index (χ1v) is 6.05. The Kier molecular flexibility index (Phi) is 5.02. The molecule has 0 spiro atoms. The number of rotatable bonds is 7. The summed E-state index contributed by atoms with van der Waals surface area (Å²) < 4.78 is 10.7. The molecule has 0 unspecified atom stereocenters. The third-order valence-corrected chi connectivity index (χ3v) is 2.44. The maximum Gasteiger partial charge on any atom is 0.356 e. The number of hydrogen-bond acceptors (Lipinski definition) is 5. The maximum atomic E-state index is 10.6. The van der Waals surface area contributed by atoms with Gasteiger partial charge in [-0.3, -0.25) is 0 Å². The summed E-state index contributed by atoms with van der Waals surface area (Å²) in [6, 6.07) is 9.82. The third-order valence-electron chi connectivity index (χ3n) is 2.44. The number of carboxylic acid groups (broad SMARTS) is 1. The normalized spacial score (nSPS) is 10.2. The van der Waals surface area contributed by atoms with Crippen molar-refractivity contribution in [2.45, 2.75) is 6.61 Å². The Morgan fingerprint density at radius 1 is 1.10 bits per heavy atom. The summed E-state index contributed by atoms with van der Waals surface area (Å²) in [5.41, 5.74) is 0.982. The van der Waals surface area contributed by atoms with Gasteiger partial charge in [-0.15, -0.1) is 0 Å². The van der Waals surface area contributed by atoms with E-state index in [0.717, 1.165) is 11.8 Å². The number of hydrogen-bond donors (Lipinski definition) is 1. The van der Waals surface area contributed by atoms with E-state index in [9.17, 15) is 4.79 Å². The van der Waals surface area contributed by atoms with Crippen molar-refractivity contribution in [2.75, 3.05) is 13.2 Å². The van der Waals surface area contributed by atoms with Crippen molar-refractivity contribution in [2.24, 2.45) is 0 Å². The summed E-state index contributed by atoms with van der Waals surface area (Å²) in [5, 5.41) is 8.67. The minimum Gasteiger partial charge on any atom is -0.476 e. The van der Waals surface area contributed by atoms with E-state index in [0.29, 0.717) is 19.8 Å². The van der Waals surface area contributed by atoms with Crippen LogP contribution >= 0.6 is 0 Å². The van der Waals surface area contributed by atoms with Crippen LogP contribution in [0, 0.1) is 0 Å². The second-order valence-corrected chi connectivity index (χ2v) is 3.93. The molecule has 1 aromatic carbocycles. The molecular formula is C14H14N2O4. The largest absolute Gasteiger partial charge is 0.476 e. The van der Waals surface area contributed by atoms with Crippen LogP contribution in [0.1, 0.15) is 16.1 Å². The molecular weight excluding hydrogens is 260 g/mol. The van der Waals surface area contributed by atoms with Crippen LogP contribution in [0.2, 0.25) is 0 Å². The molecule has 20 heavy (non-hydrogen) atoms. The standard InChI is InChI=1S/C14H14N2O4/c17-14(18)12-8-16-13(9-15-12)20-7-6-19-10-11-4-2-1-3-5-11/h1-5,8-9H,6-7,10H2,(H,17,18). The van der Waals surface area contributed by atoms with Crippen molar-refractivity contribution in [1.29, 1.82) is 0 Å². The summed E-state index contributed by atoms with van der Waals surface area (Å²) in [4.78, 5) is 18.1. The zero-order valence-electron chi connectivity index (χ0n) is 10.7. The Morgan fingerprint density at radius 3 is 2.55 bits per heavy atom. The zero-order valence-corrected chi connectivity index (χ0v) is 10.7. The molecule has 6 nitrogen and oxygen atoms in total. The Labute approximate surface area is 116 Å². The van der Waals surface area contributed by atoms with Gasteiger partial charge in [0.25, 0.3) is 0 Å². The zero-order chi connectivity index (χ0) is 14.2. The van der Waals surface area contributed by atoms with Gasteiger partial charge in [-0.25, -0.2) is 14.8 Å². The Morgan fingerprint density at radius 2 is 1.90 bits per heavy atom. The summed E-state index contributed by atoms with van der Waals surface area (Å²) in [7, 11) is 0. The fraction of sp³-hybridized carbons (Fsp3) is 0.214. The molecule has 0 aliphatic carbocycles. The number of carboxylic acids is 1. The van der Waals surface area contributed by atoms with Gasteiger partial charge in [0, 0.05) is 0 Å². The molecule has 1 N–H and O–H groups in total. The van der Waals surface area contributed by atoms with Gasteiger partial charge >= 0.3 is 5.97 Å². The first-order chi connectivity index (χ1) is 9.75. The lowest BCUT2D eigenvalue weighted by Crippen LogP contribution is -2.08. The maximum absolute atomic E-state index is 10.6. The molecule has 0 radical (unpaired) electrons. The van der Waals surface area contributed by atoms with Crippen LogP contribution in [0.3, 0.4) is 0 Å². The SMILES string of the molecule is O=C(O)c1cnc(OCCOCc2ccccc2)cn1. The average molecular weight is 274 g/mol. The van der Waals surface area contributed by atoms with Gasteiger partial charge < -0.3 is 14.6 Å². The summed E-state index contributed by atoms with van der Waals surface area (Å²) in [6.07, 6.45) is 2.43. The highest BCUT2D eigenvalue weighted by atomic mass is 16.5. The van der Waals surface area contributed by atoms with Gasteiger partial charge in [-0.2, -0.15) is 0 Å². The molecule has 6 heteroatoms. The summed E-state index contributed by atoms with van der Waals surface area (Å²) in [5.74, 6) is -0.839. The average Bonchev–Trinajstić information content (AvgIpc) is 2.48. The number of aromatic nitrogens is 2. The molecule has 2 aromatic rings. The van der Waals surface area contributed by atoms with Crippen molar-refractivity contribution in [1.82, 2.24) is 9.97 Å². The molecule has 0 saturated heterocycles. The van der Waals surface area contributed by atoms with Crippen LogP contribution in [-0.2, 0) is 11.3 Å². The third kappa shape index (κ3) is 4.33. The molecule has 0 amide bonds. The van der Waals surface area contributed by atoms with E-state index in [1.54, 1.807) is 0 Å². The molecule has 0 saturated carbocycles. The molecule has 0 atom stereocenters. The summed E-state index contributed by atoms with van der Waals surface area (Å²) in [6.45, 7) is 1.26. The molecule has 104 valence electrons. The van der Waals surface area contributed by atoms with E-state index in [2.05, 4.69) is 9.97 Å². The molecule has 2 rings (SSSR count). The Balaban J connectivity index is 1.67. The molecule has 1 heterocycles. The Bertz CT molecular complexity index is 543. The lowest BCUT2D eigenvalue weighted by molar-refractivity contribution is 0.0689. The van der Waals surface area contributed by atoms with E-state index in [-0.39, 0.29) is 11.6 Å². The minimum atomic E-state index is -1.12. The monoisotopic (exact) mass is 274 g/mol. The quantitative estimate of drug-likeness (QED) is 0.775. The van der Waals surface area contributed by atoms with Crippen LogP contribution in [0.15, 0.2) is 42.7 Å². The predicted molar refractivity (Wildman–Crippen MR) is 70.6 cm³/mol. The number of carbonyl (C=O) groups is 1. The molecule has 0 fully saturated rings. The van der Waals surface area contributed by atoms with Crippen molar-refractivity contribution >= 4 is 5.97 Å². The minimum absolute atomic E-state index is 0.113. The van der Waals surface area contributed by atoms with E-state index < -0.39 is 5.97 Å². The highest BCUT2D eigenvalue weighted by Crippen LogP contribution is 2.04. The van der Waals surface area contributed by atoms with Crippen LogP contribution in [0.4, 0.5) is 0 Å². The second kappa shape index (κ2) is 7.20. The van der Waals surface area contributed by atoms with Gasteiger partial charge in [0.15, 0.2) is 5.69 Å². The van der Waals surface area contributed by atoms with Crippen molar-refractivity contribution in [3.05, 3.63) is 54.0 Å². The van der Waals surface area contributed by atoms with Gasteiger partial charge in [0.1, 0.15) is 6.61 Å². The van der Waals surface area contributed by atoms with E-state index in [1.807, 2.05) is 30.3 Å². The van der Waals surface area contributed by atoms with E-state index in [1.165, 1.54) is 6.20 Å². The van der Waals surface area contributed by atoms with Gasteiger partial charge in [-0.05, 0) is 5.56 Å². The topological polar surface area (TPSA) is 81.5 Å². The van der Waals surface area contributed by atoms with E-state index >= 15 is 0 Å². The van der Waals surface area contributed by atoms with E-state index in [4.69, 9.17) is 14.6 Å². The first-order valence-electron chi connectivity index (χ1n) is 6.05. The molecule has 0 aliphatic heterocycles. The highest BCUT2D eigenvalue weighted by Gasteiger charge is 2.05. The van der Waals surface area contributed by atoms with Crippen molar-refractivity contribution < 1.29 is 19.4 Å². The van der Waals surface area contributed by atoms with Crippen molar-refractivity contribution in [3.63, 3.8) is 0 Å². The van der Waals surface area contributed by atoms with Crippen LogP contribution in [0.25, 0.3) is 0 Å². The molecule has 0 aliphatic rings. The van der Waals surface area contributed by atoms with Crippen LogP contribution in [-0.4, -0.2) is 34.3 Å². The fourth-order valence-corrected chi connectivity index (χ4v) is 1.47. The van der Waals surface area contributed by atoms with Crippen LogP contribution in [0.5, 0.6) is 5.88 Å². The number of benzene rings is 1. The number of ether oxygens (including phenoxy) is 2. The highest BCUT2D eigenvalue weighted by molar-refractivity contribution is 5.84. The lowest BCUT2D eigenvalue weighted by atomic mass is 10.2. The van der Waals surface area contributed by atoms with Gasteiger partial charge in [0.05, 0.1) is 25.6 Å². The fourth-order valence-electron chi connectivity index (χ4n) is 1.47. The summed E-state index contributed by atoms with van der Waals surface area (Å²) >= 11 is 0. The lowest BCUT2D eigenvalue weighted by Gasteiger charge is -2.06. The molecule has 1 aromatic heterocycles. The van der Waals surface area contributed by atoms with Gasteiger partial charge in [-0.1, -0.05) is 30.3 Å². The number of aromatic carboxylic acids is 1. The second-order valence-electron chi connectivity index (χ2n) is 3.93. The van der Waals surface area contributed by atoms with Crippen LogP contribution < -0.4 is 4.74 Å². The van der Waals surface area contributed by atoms with Crippen molar-refractivity contribution in [3.8, 4) is 5.88 Å². The predicted octanol–water partition coefficient (Wildman–Crippen LogP) is 1.77. The smallest absolute Gasteiger partial charge is 0.356 e. The number of nitrogens with zero attached hydrogens (tertiary/aromatic N) is 2. The first kappa shape index (κ1) is 14.0.